The molecule has 1 amide bonds. The molecule has 1 aliphatic rings. The van der Waals surface area contributed by atoms with E-state index in [1.807, 2.05) is 19.0 Å². The first-order valence-electron chi connectivity index (χ1n) is 5.89. The van der Waals surface area contributed by atoms with E-state index in [9.17, 15) is 9.59 Å². The van der Waals surface area contributed by atoms with Crippen LogP contribution in [0.15, 0.2) is 12.7 Å². The highest BCUT2D eigenvalue weighted by Crippen LogP contribution is 2.21. The van der Waals surface area contributed by atoms with Gasteiger partial charge in [-0.05, 0) is 20.5 Å². The van der Waals surface area contributed by atoms with E-state index >= 15 is 0 Å². The lowest BCUT2D eigenvalue weighted by Gasteiger charge is -2.39. The number of aliphatic carboxylic acids is 1. The van der Waals surface area contributed by atoms with Gasteiger partial charge in [0.05, 0.1) is 5.92 Å². The van der Waals surface area contributed by atoms with Crippen molar-refractivity contribution in [2.24, 2.45) is 5.92 Å². The van der Waals surface area contributed by atoms with Crippen molar-refractivity contribution in [3.8, 4) is 0 Å². The predicted octanol–water partition coefficient (Wildman–Crippen LogP) is 0.646. The van der Waals surface area contributed by atoms with Crippen LogP contribution in [-0.2, 0) is 9.53 Å². The summed E-state index contributed by atoms with van der Waals surface area (Å²) in [6.07, 6.45) is 1.54. The van der Waals surface area contributed by atoms with Gasteiger partial charge in [0.15, 0.2) is 0 Å². The number of piperidine rings is 1. The van der Waals surface area contributed by atoms with Gasteiger partial charge in [-0.1, -0.05) is 12.7 Å². The molecule has 1 aliphatic heterocycles. The number of carbonyl (C=O) groups excluding carboxylic acids is 1. The predicted molar refractivity (Wildman–Crippen MR) is 66.3 cm³/mol. The maximum Gasteiger partial charge on any atom is 0.410 e. The van der Waals surface area contributed by atoms with Crippen molar-refractivity contribution >= 4 is 12.1 Å². The van der Waals surface area contributed by atoms with Gasteiger partial charge < -0.3 is 19.6 Å². The molecule has 1 rings (SSSR count). The highest BCUT2D eigenvalue weighted by Gasteiger charge is 2.37. The second-order valence-corrected chi connectivity index (χ2v) is 4.58. The highest BCUT2D eigenvalue weighted by atomic mass is 16.6. The molecule has 0 bridgehead atoms. The zero-order chi connectivity index (χ0) is 13.7. The highest BCUT2D eigenvalue weighted by molar-refractivity contribution is 5.72. The van der Waals surface area contributed by atoms with Crippen molar-refractivity contribution in [1.82, 2.24) is 9.80 Å². The van der Waals surface area contributed by atoms with E-state index in [0.29, 0.717) is 19.5 Å². The minimum absolute atomic E-state index is 0.171. The molecule has 1 N–H and O–H groups in total. The first-order valence-corrected chi connectivity index (χ1v) is 5.89. The van der Waals surface area contributed by atoms with Gasteiger partial charge in [-0.2, -0.15) is 0 Å². The number of carboxylic acids is 1. The molecular weight excluding hydrogens is 236 g/mol. The zero-order valence-corrected chi connectivity index (χ0v) is 10.8. The van der Waals surface area contributed by atoms with Crippen LogP contribution in [0.3, 0.4) is 0 Å². The number of carbonyl (C=O) groups is 2. The molecule has 0 radical (unpaired) electrons. The Balaban J connectivity index is 2.65. The van der Waals surface area contributed by atoms with Crippen molar-refractivity contribution in [3.05, 3.63) is 12.7 Å². The Labute approximate surface area is 107 Å². The van der Waals surface area contributed by atoms with Crippen LogP contribution in [0.25, 0.3) is 0 Å². The van der Waals surface area contributed by atoms with E-state index in [1.54, 1.807) is 4.90 Å². The van der Waals surface area contributed by atoms with Crippen molar-refractivity contribution in [2.75, 3.05) is 33.8 Å². The zero-order valence-electron chi connectivity index (χ0n) is 10.8. The third-order valence-electron chi connectivity index (χ3n) is 3.15. The van der Waals surface area contributed by atoms with Crippen molar-refractivity contribution in [1.29, 1.82) is 0 Å². The van der Waals surface area contributed by atoms with E-state index in [4.69, 9.17) is 9.84 Å². The molecule has 6 heteroatoms. The van der Waals surface area contributed by atoms with Gasteiger partial charge in [0.2, 0.25) is 0 Å². The minimum atomic E-state index is -0.812. The molecule has 2 atom stereocenters. The van der Waals surface area contributed by atoms with Crippen LogP contribution < -0.4 is 0 Å². The fourth-order valence-electron chi connectivity index (χ4n) is 2.13. The quantitative estimate of drug-likeness (QED) is 0.748. The molecule has 6 nitrogen and oxygen atoms in total. The summed E-state index contributed by atoms with van der Waals surface area (Å²) < 4.78 is 4.96. The van der Waals surface area contributed by atoms with Crippen LogP contribution in [0.1, 0.15) is 6.42 Å². The van der Waals surface area contributed by atoms with Crippen LogP contribution in [0.4, 0.5) is 4.79 Å². The normalized spacial score (nSPS) is 23.8. The van der Waals surface area contributed by atoms with E-state index in [2.05, 4.69) is 6.58 Å². The number of nitrogens with zero attached hydrogens (tertiary/aromatic N) is 2. The summed E-state index contributed by atoms with van der Waals surface area (Å²) in [5.41, 5.74) is 0. The molecule has 18 heavy (non-hydrogen) atoms. The lowest BCUT2D eigenvalue weighted by molar-refractivity contribution is -0.145. The number of hydrogen-bond donors (Lipinski definition) is 1. The number of likely N-dealkylation sites (tertiary alicyclic amines) is 1. The monoisotopic (exact) mass is 256 g/mol. The SMILES string of the molecule is C=CCOC(=O)N1CC[C@H](C(=O)O)[C@H](N(C)C)C1. The van der Waals surface area contributed by atoms with Crippen LogP contribution in [-0.4, -0.2) is 66.8 Å². The van der Waals surface area contributed by atoms with Gasteiger partial charge in [0.25, 0.3) is 0 Å². The van der Waals surface area contributed by atoms with Crippen LogP contribution >= 0.6 is 0 Å². The number of likely N-dealkylation sites (N-methyl/N-ethyl adjacent to an activating group) is 1. The molecule has 0 spiro atoms. The smallest absolute Gasteiger partial charge is 0.410 e. The number of carboxylic acid groups (broad SMARTS) is 1. The Morgan fingerprint density at radius 3 is 2.72 bits per heavy atom. The molecule has 0 aromatic rings. The standard InChI is InChI=1S/C12H20N2O4/c1-4-7-18-12(17)14-6-5-9(11(15)16)10(8-14)13(2)3/h4,9-10H,1,5-8H2,2-3H3,(H,15,16)/t9-,10+/m0/s1. The molecule has 102 valence electrons. The largest absolute Gasteiger partial charge is 0.481 e. The van der Waals surface area contributed by atoms with E-state index in [-0.39, 0.29) is 12.6 Å². The third kappa shape index (κ3) is 3.46. The summed E-state index contributed by atoms with van der Waals surface area (Å²) >= 11 is 0. The Bertz CT molecular complexity index is 330. The molecule has 1 heterocycles. The number of hydrogen-bond acceptors (Lipinski definition) is 4. The minimum Gasteiger partial charge on any atom is -0.481 e. The van der Waals surface area contributed by atoms with Crippen LogP contribution in [0.2, 0.25) is 0 Å². The molecule has 1 saturated heterocycles. The summed E-state index contributed by atoms with van der Waals surface area (Å²) in [5.74, 6) is -1.25. The van der Waals surface area contributed by atoms with Gasteiger partial charge in [-0.3, -0.25) is 4.79 Å². The second-order valence-electron chi connectivity index (χ2n) is 4.58. The summed E-state index contributed by atoms with van der Waals surface area (Å²) in [5, 5.41) is 9.15. The average molecular weight is 256 g/mol. The van der Waals surface area contributed by atoms with Gasteiger partial charge in [0, 0.05) is 19.1 Å². The van der Waals surface area contributed by atoms with Crippen molar-refractivity contribution in [3.63, 3.8) is 0 Å². The summed E-state index contributed by atoms with van der Waals surface area (Å²) in [7, 11) is 3.64. The summed E-state index contributed by atoms with van der Waals surface area (Å²) in [6, 6.07) is -0.187. The summed E-state index contributed by atoms with van der Waals surface area (Å²) in [4.78, 5) is 26.2. The topological polar surface area (TPSA) is 70.1 Å². The van der Waals surface area contributed by atoms with Crippen molar-refractivity contribution in [2.45, 2.75) is 12.5 Å². The number of ether oxygens (including phenoxy) is 1. The van der Waals surface area contributed by atoms with Crippen LogP contribution in [0.5, 0.6) is 0 Å². The van der Waals surface area contributed by atoms with E-state index < -0.39 is 18.0 Å². The van der Waals surface area contributed by atoms with Gasteiger partial charge >= 0.3 is 12.1 Å². The molecule has 0 aromatic heterocycles. The van der Waals surface area contributed by atoms with Gasteiger partial charge in [0.1, 0.15) is 6.61 Å². The first-order chi connectivity index (χ1) is 8.47. The second kappa shape index (κ2) is 6.39. The average Bonchev–Trinajstić information content (AvgIpc) is 2.34. The Morgan fingerprint density at radius 1 is 1.56 bits per heavy atom. The Hall–Kier alpha value is -1.56. The molecule has 0 aromatic carbocycles. The maximum absolute atomic E-state index is 11.7. The number of rotatable bonds is 4. The Morgan fingerprint density at radius 2 is 2.22 bits per heavy atom. The van der Waals surface area contributed by atoms with E-state index in [1.165, 1.54) is 6.08 Å². The van der Waals surface area contributed by atoms with Crippen molar-refractivity contribution < 1.29 is 19.4 Å². The van der Waals surface area contributed by atoms with Crippen LogP contribution in [0, 0.1) is 5.92 Å². The van der Waals surface area contributed by atoms with Gasteiger partial charge in [-0.25, -0.2) is 4.79 Å². The first kappa shape index (κ1) is 14.5. The summed E-state index contributed by atoms with van der Waals surface area (Å²) in [6.45, 7) is 4.43. The number of amides is 1. The molecule has 0 saturated carbocycles. The molecule has 0 aliphatic carbocycles. The molecular formula is C12H20N2O4. The third-order valence-corrected chi connectivity index (χ3v) is 3.15. The lowest BCUT2D eigenvalue weighted by atomic mass is 9.91. The maximum atomic E-state index is 11.7. The van der Waals surface area contributed by atoms with Gasteiger partial charge in [-0.15, -0.1) is 0 Å². The molecule has 1 fully saturated rings. The fraction of sp³-hybridized carbons (Fsp3) is 0.667. The fourth-order valence-corrected chi connectivity index (χ4v) is 2.13. The Kier molecular flexibility index (Phi) is 5.15. The molecule has 0 unspecified atom stereocenters. The van der Waals surface area contributed by atoms with E-state index in [0.717, 1.165) is 0 Å². The lowest BCUT2D eigenvalue weighted by Crippen LogP contribution is -2.54.